The Morgan fingerprint density at radius 1 is 1.15 bits per heavy atom. The molecule has 6 heteroatoms. The van der Waals surface area contributed by atoms with Crippen LogP contribution in [-0.4, -0.2) is 4.98 Å². The number of hydrogen-bond acceptors (Lipinski definition) is 3. The summed E-state index contributed by atoms with van der Waals surface area (Å²) in [7, 11) is 0. The first kappa shape index (κ1) is 13.3. The van der Waals surface area contributed by atoms with Gasteiger partial charge in [0.25, 0.3) is 0 Å². The molecule has 0 aliphatic heterocycles. The fourth-order valence-corrected chi connectivity index (χ4v) is 2.82. The second-order valence-electron chi connectivity index (χ2n) is 4.22. The smallest absolute Gasteiger partial charge is 0.184 e. The number of thiazole rings is 1. The van der Waals surface area contributed by atoms with Gasteiger partial charge in [0.2, 0.25) is 0 Å². The molecule has 1 heterocycles. The Balaban J connectivity index is 1.79. The summed E-state index contributed by atoms with van der Waals surface area (Å²) < 4.78 is 27.3. The maximum atomic E-state index is 13.5. The highest BCUT2D eigenvalue weighted by Crippen LogP contribution is 2.28. The van der Waals surface area contributed by atoms with E-state index >= 15 is 0 Å². The van der Waals surface area contributed by atoms with Crippen LogP contribution in [0.1, 0.15) is 5.56 Å². The molecule has 0 aliphatic carbocycles. The molecule has 3 aromatic rings. The van der Waals surface area contributed by atoms with Gasteiger partial charge >= 0.3 is 0 Å². The average molecular weight is 311 g/mol. The van der Waals surface area contributed by atoms with Gasteiger partial charge in [-0.25, -0.2) is 13.8 Å². The van der Waals surface area contributed by atoms with Crippen LogP contribution < -0.4 is 5.32 Å². The third kappa shape index (κ3) is 2.73. The number of hydrogen-bond donors (Lipinski definition) is 1. The maximum absolute atomic E-state index is 13.5. The highest BCUT2D eigenvalue weighted by Gasteiger charge is 2.07. The molecule has 0 spiro atoms. The molecular weight excluding hydrogens is 302 g/mol. The van der Waals surface area contributed by atoms with Gasteiger partial charge in [0.15, 0.2) is 5.13 Å². The molecule has 2 aromatic carbocycles. The van der Waals surface area contributed by atoms with E-state index < -0.39 is 11.6 Å². The van der Waals surface area contributed by atoms with Crippen molar-refractivity contribution in [3.05, 3.63) is 58.6 Å². The van der Waals surface area contributed by atoms with Crippen molar-refractivity contribution in [2.24, 2.45) is 0 Å². The maximum Gasteiger partial charge on any atom is 0.184 e. The van der Waals surface area contributed by atoms with Crippen molar-refractivity contribution in [2.45, 2.75) is 6.54 Å². The molecule has 0 bridgehead atoms. The van der Waals surface area contributed by atoms with Gasteiger partial charge in [0, 0.05) is 23.2 Å². The van der Waals surface area contributed by atoms with Crippen molar-refractivity contribution in [1.82, 2.24) is 4.98 Å². The van der Waals surface area contributed by atoms with Crippen LogP contribution in [0.25, 0.3) is 10.2 Å². The molecule has 0 aliphatic rings. The monoisotopic (exact) mass is 310 g/mol. The van der Waals surface area contributed by atoms with Crippen molar-refractivity contribution in [3.63, 3.8) is 0 Å². The van der Waals surface area contributed by atoms with E-state index in [1.807, 2.05) is 6.07 Å². The number of anilines is 1. The Labute approximate surface area is 123 Å². The van der Waals surface area contributed by atoms with E-state index in [1.165, 1.54) is 23.5 Å². The van der Waals surface area contributed by atoms with Crippen molar-refractivity contribution in [2.75, 3.05) is 5.32 Å². The van der Waals surface area contributed by atoms with Crippen molar-refractivity contribution in [3.8, 4) is 0 Å². The highest BCUT2D eigenvalue weighted by atomic mass is 35.5. The van der Waals surface area contributed by atoms with Gasteiger partial charge in [-0.05, 0) is 24.3 Å². The van der Waals surface area contributed by atoms with E-state index in [9.17, 15) is 8.78 Å². The molecule has 1 aromatic heterocycles. The SMILES string of the molecule is Fc1ccc(CNc2nc3cc(Cl)ccc3s2)c(F)c1. The first-order valence-corrected chi connectivity index (χ1v) is 7.05. The van der Waals surface area contributed by atoms with Crippen LogP contribution in [0.5, 0.6) is 0 Å². The summed E-state index contributed by atoms with van der Waals surface area (Å²) >= 11 is 7.35. The molecule has 0 fully saturated rings. The van der Waals surface area contributed by atoms with E-state index in [0.717, 1.165) is 16.3 Å². The predicted octanol–water partition coefficient (Wildman–Crippen LogP) is 4.84. The zero-order chi connectivity index (χ0) is 14.1. The molecule has 2 nitrogen and oxygen atoms in total. The van der Waals surface area contributed by atoms with Crippen molar-refractivity contribution < 1.29 is 8.78 Å². The summed E-state index contributed by atoms with van der Waals surface area (Å²) in [5.41, 5.74) is 1.19. The lowest BCUT2D eigenvalue weighted by Crippen LogP contribution is -2.01. The number of halogens is 3. The van der Waals surface area contributed by atoms with E-state index in [0.29, 0.717) is 15.7 Å². The Kier molecular flexibility index (Phi) is 3.54. The second kappa shape index (κ2) is 5.34. The Morgan fingerprint density at radius 2 is 2.00 bits per heavy atom. The summed E-state index contributed by atoms with van der Waals surface area (Å²) in [6.45, 7) is 0.250. The van der Waals surface area contributed by atoms with Gasteiger partial charge in [-0.2, -0.15) is 0 Å². The Morgan fingerprint density at radius 3 is 2.80 bits per heavy atom. The van der Waals surface area contributed by atoms with Gasteiger partial charge in [-0.15, -0.1) is 0 Å². The minimum Gasteiger partial charge on any atom is -0.357 e. The van der Waals surface area contributed by atoms with Crippen molar-refractivity contribution >= 4 is 38.3 Å². The lowest BCUT2D eigenvalue weighted by molar-refractivity contribution is 0.574. The van der Waals surface area contributed by atoms with Crippen molar-refractivity contribution in [1.29, 1.82) is 0 Å². The topological polar surface area (TPSA) is 24.9 Å². The Bertz CT molecular complexity index is 773. The summed E-state index contributed by atoms with van der Waals surface area (Å²) in [4.78, 5) is 4.36. The zero-order valence-electron chi connectivity index (χ0n) is 10.2. The average Bonchev–Trinajstić information content (AvgIpc) is 2.79. The van der Waals surface area contributed by atoms with E-state index in [2.05, 4.69) is 10.3 Å². The fourth-order valence-electron chi connectivity index (χ4n) is 1.81. The number of nitrogens with one attached hydrogen (secondary N) is 1. The largest absolute Gasteiger partial charge is 0.357 e. The predicted molar refractivity (Wildman–Crippen MR) is 78.3 cm³/mol. The lowest BCUT2D eigenvalue weighted by Gasteiger charge is -2.04. The first-order valence-electron chi connectivity index (χ1n) is 5.86. The van der Waals surface area contributed by atoms with Crippen LogP contribution >= 0.6 is 22.9 Å². The fraction of sp³-hybridized carbons (Fsp3) is 0.0714. The van der Waals surface area contributed by atoms with Crippen LogP contribution in [0, 0.1) is 11.6 Å². The molecule has 0 atom stereocenters. The zero-order valence-corrected chi connectivity index (χ0v) is 11.7. The van der Waals surface area contributed by atoms with Crippen LogP contribution in [0.15, 0.2) is 36.4 Å². The summed E-state index contributed by atoms with van der Waals surface area (Å²) in [5, 5.41) is 4.33. The summed E-state index contributed by atoms with van der Waals surface area (Å²) in [5.74, 6) is -1.15. The normalized spacial score (nSPS) is 10.9. The van der Waals surface area contributed by atoms with Gasteiger partial charge in [-0.3, -0.25) is 0 Å². The minimum atomic E-state index is -0.583. The highest BCUT2D eigenvalue weighted by molar-refractivity contribution is 7.22. The molecule has 0 amide bonds. The van der Waals surface area contributed by atoms with Crippen LogP contribution in [0.3, 0.4) is 0 Å². The molecule has 0 saturated heterocycles. The van der Waals surface area contributed by atoms with Crippen LogP contribution in [0.4, 0.5) is 13.9 Å². The lowest BCUT2D eigenvalue weighted by atomic mass is 10.2. The third-order valence-electron chi connectivity index (χ3n) is 2.79. The van der Waals surface area contributed by atoms with Gasteiger partial charge < -0.3 is 5.32 Å². The molecule has 1 N–H and O–H groups in total. The number of nitrogens with zero attached hydrogens (tertiary/aromatic N) is 1. The van der Waals surface area contributed by atoms with E-state index in [1.54, 1.807) is 12.1 Å². The minimum absolute atomic E-state index is 0.250. The number of aromatic nitrogens is 1. The van der Waals surface area contributed by atoms with Gasteiger partial charge in [-0.1, -0.05) is 29.0 Å². The van der Waals surface area contributed by atoms with E-state index in [-0.39, 0.29) is 6.54 Å². The molecule has 0 saturated carbocycles. The summed E-state index contributed by atoms with van der Waals surface area (Å²) in [6.07, 6.45) is 0. The van der Waals surface area contributed by atoms with Crippen LogP contribution in [0.2, 0.25) is 5.02 Å². The molecule has 0 unspecified atom stereocenters. The molecule has 20 heavy (non-hydrogen) atoms. The number of benzene rings is 2. The standard InChI is InChI=1S/C14H9ClF2N2S/c15-9-2-4-13-12(5-9)19-14(20-13)18-7-8-1-3-10(16)6-11(8)17/h1-6H,7H2,(H,18,19). The van der Waals surface area contributed by atoms with Gasteiger partial charge in [0.05, 0.1) is 10.2 Å². The molecule has 3 rings (SSSR count). The van der Waals surface area contributed by atoms with E-state index in [4.69, 9.17) is 11.6 Å². The number of fused-ring (bicyclic) bond motifs is 1. The van der Waals surface area contributed by atoms with Crippen LogP contribution in [-0.2, 0) is 6.54 Å². The molecule has 102 valence electrons. The molecular formula is C14H9ClF2N2S. The quantitative estimate of drug-likeness (QED) is 0.748. The Hall–Kier alpha value is -1.72. The summed E-state index contributed by atoms with van der Waals surface area (Å²) in [6, 6.07) is 8.98. The second-order valence-corrected chi connectivity index (χ2v) is 5.69. The number of rotatable bonds is 3. The third-order valence-corrected chi connectivity index (χ3v) is 4.02. The van der Waals surface area contributed by atoms with Gasteiger partial charge in [0.1, 0.15) is 11.6 Å². The first-order chi connectivity index (χ1) is 9.61. The molecule has 0 radical (unpaired) electrons.